The molecular weight excluding hydrogens is 169 g/mol. The van der Waals surface area contributed by atoms with E-state index in [4.69, 9.17) is 47.3 Å². The third-order valence-electron chi connectivity index (χ3n) is 0. The second-order valence-electron chi connectivity index (χ2n) is 0. The van der Waals surface area contributed by atoms with Crippen LogP contribution in [0.3, 0.4) is 0 Å². The van der Waals surface area contributed by atoms with Gasteiger partial charge in [0.2, 0.25) is 0 Å². The van der Waals surface area contributed by atoms with Gasteiger partial charge in [-0.25, -0.2) is 0 Å². The number of nitrogens with zero attached hydrogens (tertiary/aromatic N) is 4. The van der Waals surface area contributed by atoms with Gasteiger partial charge in [-0.05, 0) is 0 Å². The minimum atomic E-state index is 0. The van der Waals surface area contributed by atoms with Crippen molar-refractivity contribution in [2.24, 2.45) is 0 Å². The van der Waals surface area contributed by atoms with Gasteiger partial charge >= 0.3 is 19.5 Å². The number of hydrogen-bond acceptors (Lipinski definition) is 4. The Hall–Kier alpha value is -1.42. The Morgan fingerprint density at radius 1 is 0.444 bits per heavy atom. The number of hydrogen-bond donors (Lipinski definition) is 0. The summed E-state index contributed by atoms with van der Waals surface area (Å²) >= 11 is 0. The summed E-state index contributed by atoms with van der Waals surface area (Å²) in [6.45, 7) is 19.0. The zero-order valence-corrected chi connectivity index (χ0v) is 7.46. The molecule has 4 nitrogen and oxygen atoms in total. The molecule has 5 heteroatoms. The van der Waals surface area contributed by atoms with Gasteiger partial charge in [0.1, 0.15) is 0 Å². The molecule has 0 saturated carbocycles. The first-order chi connectivity index (χ1) is 4.00. The summed E-state index contributed by atoms with van der Waals surface area (Å²) in [4.78, 5) is 0. The zero-order valence-electron chi connectivity index (χ0n) is 4.50. The predicted octanol–water partition coefficient (Wildman–Crippen LogP) is 0.383. The van der Waals surface area contributed by atoms with Crippen molar-refractivity contribution in [3.8, 4) is 0 Å². The zero-order chi connectivity index (χ0) is 8.00. The molecule has 0 aliphatic carbocycles. The molecule has 0 spiro atoms. The predicted molar refractivity (Wildman–Crippen MR) is 19.9 cm³/mol. The van der Waals surface area contributed by atoms with Crippen LogP contribution in [0.4, 0.5) is 0 Å². The summed E-state index contributed by atoms with van der Waals surface area (Å²) in [7, 11) is 0. The summed E-state index contributed by atoms with van der Waals surface area (Å²) in [6, 6.07) is 0. The summed E-state index contributed by atoms with van der Waals surface area (Å²) in [6.07, 6.45) is 0. The van der Waals surface area contributed by atoms with Crippen LogP contribution in [0.5, 0.6) is 0 Å². The molecule has 9 heavy (non-hydrogen) atoms. The quantitative estimate of drug-likeness (QED) is 0.387. The van der Waals surface area contributed by atoms with E-state index in [-0.39, 0.29) is 19.5 Å². The monoisotopic (exact) mass is 168 g/mol. The van der Waals surface area contributed by atoms with Crippen molar-refractivity contribution in [1.29, 1.82) is 21.0 Å². The Morgan fingerprint density at radius 2 is 0.444 bits per heavy atom. The second-order valence-corrected chi connectivity index (χ2v) is 0. The van der Waals surface area contributed by atoms with Crippen molar-refractivity contribution in [3.05, 3.63) is 26.3 Å². The van der Waals surface area contributed by atoms with Gasteiger partial charge in [0.05, 0.1) is 0 Å². The van der Waals surface area contributed by atoms with Crippen molar-refractivity contribution in [2.75, 3.05) is 0 Å². The summed E-state index contributed by atoms with van der Waals surface area (Å²) in [5, 5.41) is 25.0. The minimum Gasteiger partial charge on any atom is -0.512 e. The van der Waals surface area contributed by atoms with Crippen LogP contribution in [0.1, 0.15) is 0 Å². The number of rotatable bonds is 0. The topological polar surface area (TPSA) is 95.2 Å². The maximum absolute atomic E-state index is 6.25. The van der Waals surface area contributed by atoms with E-state index in [0.717, 1.165) is 0 Å². The Kier molecular flexibility index (Phi) is 560. The Bertz CT molecular complexity index is 55.5. The maximum atomic E-state index is 6.25. The summed E-state index contributed by atoms with van der Waals surface area (Å²) < 4.78 is 0. The van der Waals surface area contributed by atoms with Gasteiger partial charge < -0.3 is 47.3 Å². The normalized spacial score (nSPS) is 0.889. The summed E-state index contributed by atoms with van der Waals surface area (Å²) in [5.74, 6) is 0. The smallest absolute Gasteiger partial charge is 0.512 e. The molecule has 40 valence electrons. The Balaban J connectivity index is -0.00000000762. The molecule has 0 aromatic carbocycles. The van der Waals surface area contributed by atoms with Crippen LogP contribution in [-0.4, -0.2) is 0 Å². The maximum Gasteiger partial charge on any atom is 2.00 e. The van der Waals surface area contributed by atoms with E-state index in [0.29, 0.717) is 0 Å². The van der Waals surface area contributed by atoms with Crippen LogP contribution in [0.25, 0.3) is 0 Å². The Morgan fingerprint density at radius 3 is 0.444 bits per heavy atom. The third-order valence-corrected chi connectivity index (χ3v) is 0. The fraction of sp³-hybridized carbons (Fsp3) is 0. The van der Waals surface area contributed by atoms with Gasteiger partial charge in [0, 0.05) is 0 Å². The molecule has 0 aliphatic rings. The van der Waals surface area contributed by atoms with Gasteiger partial charge in [0.15, 0.2) is 0 Å². The first-order valence-electron chi connectivity index (χ1n) is 0.894. The van der Waals surface area contributed by atoms with Crippen molar-refractivity contribution in [3.63, 3.8) is 0 Å². The van der Waals surface area contributed by atoms with E-state index in [1.165, 1.54) is 0 Å². The van der Waals surface area contributed by atoms with Crippen LogP contribution in [0.2, 0.25) is 0 Å². The van der Waals surface area contributed by atoms with Crippen LogP contribution >= 0.6 is 0 Å². The molecule has 0 aliphatic heterocycles. The standard InChI is InChI=1S/4CN.Zn/c4*1-2;/q4*-1;+2. The molecule has 0 radical (unpaired) electrons. The minimum absolute atomic E-state index is 0. The molecule has 0 N–H and O–H groups in total. The van der Waals surface area contributed by atoms with E-state index in [2.05, 4.69) is 0 Å². The molecule has 0 heterocycles. The molecule has 0 bridgehead atoms. The molecular formula is C4N4Zn-2. The fourth-order valence-electron chi connectivity index (χ4n) is 0. The molecule has 0 amide bonds. The van der Waals surface area contributed by atoms with Crippen molar-refractivity contribution in [1.82, 2.24) is 0 Å². The SMILES string of the molecule is [C-]#N.[C-]#N.[C-]#N.[C-]#N.[Zn+2]. The molecule has 0 aromatic rings. The molecule has 0 rings (SSSR count). The van der Waals surface area contributed by atoms with Crippen LogP contribution < -0.4 is 0 Å². The Labute approximate surface area is 67.3 Å². The average Bonchev–Trinajstić information content (AvgIpc) is 2.03. The summed E-state index contributed by atoms with van der Waals surface area (Å²) in [5.41, 5.74) is 0. The van der Waals surface area contributed by atoms with Crippen LogP contribution in [0.15, 0.2) is 0 Å². The van der Waals surface area contributed by atoms with E-state index >= 15 is 0 Å². The first kappa shape index (κ1) is 49.2. The van der Waals surface area contributed by atoms with Gasteiger partial charge in [-0.3, -0.25) is 0 Å². The average molecular weight is 169 g/mol. The molecule has 0 atom stereocenters. The van der Waals surface area contributed by atoms with Gasteiger partial charge in [-0.2, -0.15) is 0 Å². The van der Waals surface area contributed by atoms with E-state index in [1.54, 1.807) is 0 Å². The van der Waals surface area contributed by atoms with E-state index < -0.39 is 0 Å². The van der Waals surface area contributed by atoms with Crippen molar-refractivity contribution < 1.29 is 19.5 Å². The molecule has 0 fully saturated rings. The van der Waals surface area contributed by atoms with Gasteiger partial charge in [-0.15, -0.1) is 0 Å². The fourth-order valence-corrected chi connectivity index (χ4v) is 0. The largest absolute Gasteiger partial charge is 2.00 e. The van der Waals surface area contributed by atoms with E-state index in [1.807, 2.05) is 0 Å². The molecule has 0 unspecified atom stereocenters. The first-order valence-corrected chi connectivity index (χ1v) is 0.894. The third kappa shape index (κ3) is 68.9. The van der Waals surface area contributed by atoms with Crippen molar-refractivity contribution >= 4 is 0 Å². The second kappa shape index (κ2) is 102. The van der Waals surface area contributed by atoms with Gasteiger partial charge in [-0.1, -0.05) is 0 Å². The van der Waals surface area contributed by atoms with Crippen LogP contribution in [0, 0.1) is 47.3 Å². The van der Waals surface area contributed by atoms with Gasteiger partial charge in [0.25, 0.3) is 0 Å². The van der Waals surface area contributed by atoms with Crippen molar-refractivity contribution in [2.45, 2.75) is 0 Å². The van der Waals surface area contributed by atoms with E-state index in [9.17, 15) is 0 Å². The van der Waals surface area contributed by atoms with Crippen LogP contribution in [-0.2, 0) is 19.5 Å². The molecule has 0 aromatic heterocycles. The molecule has 0 saturated heterocycles.